The maximum atomic E-state index is 14.3. The predicted molar refractivity (Wildman–Crippen MR) is 91.8 cm³/mol. The van der Waals surface area contributed by atoms with Gasteiger partial charge in [0, 0.05) is 24.7 Å². The molecule has 1 atom stereocenters. The fourth-order valence-electron chi connectivity index (χ4n) is 2.47. The molecular weight excluding hydrogens is 351 g/mol. The van der Waals surface area contributed by atoms with Crippen molar-refractivity contribution in [3.63, 3.8) is 0 Å². The van der Waals surface area contributed by atoms with Crippen LogP contribution in [0.3, 0.4) is 0 Å². The Morgan fingerprint density at radius 3 is 1.62 bits per heavy atom. The lowest BCUT2D eigenvalue weighted by Gasteiger charge is -2.18. The van der Waals surface area contributed by atoms with Crippen LogP contribution in [-0.4, -0.2) is 19.4 Å². The summed E-state index contributed by atoms with van der Waals surface area (Å²) in [6.45, 7) is 1.95. The maximum Gasteiger partial charge on any atom is 0.414 e. The van der Waals surface area contributed by atoms with Gasteiger partial charge in [-0.05, 0) is 17.5 Å². The molecule has 0 bridgehead atoms. The molecular formula is C20H19F5O. The van der Waals surface area contributed by atoms with Crippen molar-refractivity contribution in [2.75, 3.05) is 7.11 Å². The number of methoxy groups -OCH3 is 1. The van der Waals surface area contributed by atoms with Crippen LogP contribution >= 0.6 is 0 Å². The summed E-state index contributed by atoms with van der Waals surface area (Å²) >= 11 is 0. The van der Waals surface area contributed by atoms with Crippen LogP contribution in [0.2, 0.25) is 0 Å². The van der Waals surface area contributed by atoms with Gasteiger partial charge in [-0.3, -0.25) is 0 Å². The minimum absolute atomic E-state index is 0.0354. The van der Waals surface area contributed by atoms with Crippen molar-refractivity contribution in [3.8, 4) is 0 Å². The largest absolute Gasteiger partial charge is 0.414 e. The molecule has 0 heterocycles. The number of hydrogen-bond acceptors (Lipinski definition) is 1. The molecule has 0 aliphatic rings. The van der Waals surface area contributed by atoms with Crippen molar-refractivity contribution in [2.45, 2.75) is 32.0 Å². The van der Waals surface area contributed by atoms with Gasteiger partial charge in [0.1, 0.15) is 0 Å². The normalized spacial score (nSPS) is 14.1. The predicted octanol–water partition coefficient (Wildman–Crippen LogP) is 6.13. The van der Waals surface area contributed by atoms with Crippen LogP contribution in [0.25, 0.3) is 11.7 Å². The van der Waals surface area contributed by atoms with Crippen molar-refractivity contribution in [3.05, 3.63) is 70.8 Å². The molecule has 0 spiro atoms. The topological polar surface area (TPSA) is 9.23 Å². The van der Waals surface area contributed by atoms with Gasteiger partial charge in [-0.1, -0.05) is 55.5 Å². The molecule has 26 heavy (non-hydrogen) atoms. The van der Waals surface area contributed by atoms with E-state index in [9.17, 15) is 22.0 Å². The Labute approximate surface area is 149 Å². The number of ether oxygens (including phenoxy) is 1. The summed E-state index contributed by atoms with van der Waals surface area (Å²) in [5, 5.41) is 0. The first kappa shape index (κ1) is 20.1. The van der Waals surface area contributed by atoms with Gasteiger partial charge in [-0.2, -0.15) is 13.2 Å². The lowest BCUT2D eigenvalue weighted by atomic mass is 10.0. The fourth-order valence-corrected chi connectivity index (χ4v) is 2.47. The molecule has 2 aromatic carbocycles. The Hall–Kier alpha value is -2.21. The number of rotatable bonds is 6. The standard InChI is InChI=1S/C20H19F5O/c1-3-13-4-8-15(9-5-13)18(21)19(22)16-10-6-14(7-11-16)12-17(26-2)20(23,24)25/h4-11,17H,3,12H2,1-2H3/b19-18-. The molecule has 140 valence electrons. The molecule has 0 saturated heterocycles. The molecule has 0 aliphatic heterocycles. The number of halogens is 5. The third-order valence-corrected chi connectivity index (χ3v) is 4.09. The van der Waals surface area contributed by atoms with E-state index in [0.29, 0.717) is 5.56 Å². The molecule has 1 unspecified atom stereocenters. The van der Waals surface area contributed by atoms with E-state index >= 15 is 0 Å². The van der Waals surface area contributed by atoms with Crippen LogP contribution in [0.4, 0.5) is 22.0 Å². The Kier molecular flexibility index (Phi) is 6.53. The zero-order chi connectivity index (χ0) is 19.3. The minimum Gasteiger partial charge on any atom is -0.372 e. The first-order chi connectivity index (χ1) is 12.3. The average Bonchev–Trinajstić information content (AvgIpc) is 2.64. The van der Waals surface area contributed by atoms with Crippen molar-refractivity contribution in [1.29, 1.82) is 0 Å². The first-order valence-corrected chi connectivity index (χ1v) is 8.09. The summed E-state index contributed by atoms with van der Waals surface area (Å²) < 4.78 is 71.3. The summed E-state index contributed by atoms with van der Waals surface area (Å²) in [7, 11) is 0.980. The van der Waals surface area contributed by atoms with E-state index in [1.54, 1.807) is 12.1 Å². The number of alkyl halides is 3. The summed E-state index contributed by atoms with van der Waals surface area (Å²) in [5.74, 6) is -2.06. The molecule has 0 aliphatic carbocycles. The molecule has 0 aromatic heterocycles. The maximum absolute atomic E-state index is 14.3. The summed E-state index contributed by atoms with van der Waals surface area (Å²) in [6, 6.07) is 11.6. The Balaban J connectivity index is 2.20. The molecule has 1 nitrogen and oxygen atoms in total. The highest BCUT2D eigenvalue weighted by Gasteiger charge is 2.39. The lowest BCUT2D eigenvalue weighted by molar-refractivity contribution is -0.212. The summed E-state index contributed by atoms with van der Waals surface area (Å²) in [6.07, 6.45) is -6.04. The molecule has 0 fully saturated rings. The fraction of sp³-hybridized carbons (Fsp3) is 0.300. The van der Waals surface area contributed by atoms with E-state index in [1.807, 2.05) is 6.92 Å². The summed E-state index contributed by atoms with van der Waals surface area (Å²) in [5.41, 5.74) is 1.40. The van der Waals surface area contributed by atoms with Crippen LogP contribution in [0.5, 0.6) is 0 Å². The van der Waals surface area contributed by atoms with Crippen molar-refractivity contribution < 1.29 is 26.7 Å². The van der Waals surface area contributed by atoms with Gasteiger partial charge in [0.25, 0.3) is 0 Å². The second-order valence-corrected chi connectivity index (χ2v) is 5.85. The van der Waals surface area contributed by atoms with Crippen molar-refractivity contribution in [2.24, 2.45) is 0 Å². The zero-order valence-corrected chi connectivity index (χ0v) is 14.4. The minimum atomic E-state index is -4.49. The van der Waals surface area contributed by atoms with E-state index in [1.165, 1.54) is 36.4 Å². The number of aryl methyl sites for hydroxylation is 1. The molecule has 0 radical (unpaired) electrons. The van der Waals surface area contributed by atoms with E-state index < -0.39 is 30.4 Å². The van der Waals surface area contributed by atoms with Crippen LogP contribution in [-0.2, 0) is 17.6 Å². The van der Waals surface area contributed by atoms with Crippen LogP contribution in [0.1, 0.15) is 29.2 Å². The van der Waals surface area contributed by atoms with Gasteiger partial charge in [-0.15, -0.1) is 0 Å². The van der Waals surface area contributed by atoms with Gasteiger partial charge in [-0.25, -0.2) is 8.78 Å². The molecule has 0 saturated carbocycles. The Bertz CT molecular complexity index is 745. The molecule has 6 heteroatoms. The SMILES string of the molecule is CCc1ccc(/C(F)=C(/F)c2ccc(CC(OC)C(F)(F)F)cc2)cc1. The third kappa shape index (κ3) is 4.91. The first-order valence-electron chi connectivity index (χ1n) is 8.09. The molecule has 0 N–H and O–H groups in total. The highest BCUT2D eigenvalue weighted by Crippen LogP contribution is 2.30. The van der Waals surface area contributed by atoms with Gasteiger partial charge >= 0.3 is 6.18 Å². The smallest absolute Gasteiger partial charge is 0.372 e. The monoisotopic (exact) mass is 370 g/mol. The lowest BCUT2D eigenvalue weighted by Crippen LogP contribution is -2.32. The summed E-state index contributed by atoms with van der Waals surface area (Å²) in [4.78, 5) is 0. The van der Waals surface area contributed by atoms with E-state index in [-0.39, 0.29) is 11.1 Å². The van der Waals surface area contributed by atoms with Crippen molar-refractivity contribution >= 4 is 11.7 Å². The average molecular weight is 370 g/mol. The van der Waals surface area contributed by atoms with Crippen molar-refractivity contribution in [1.82, 2.24) is 0 Å². The highest BCUT2D eigenvalue weighted by atomic mass is 19.4. The zero-order valence-electron chi connectivity index (χ0n) is 14.4. The Morgan fingerprint density at radius 1 is 0.846 bits per heavy atom. The van der Waals surface area contributed by atoms with Crippen LogP contribution in [0, 0.1) is 0 Å². The second-order valence-electron chi connectivity index (χ2n) is 5.85. The third-order valence-electron chi connectivity index (χ3n) is 4.09. The highest BCUT2D eigenvalue weighted by molar-refractivity contribution is 5.83. The van der Waals surface area contributed by atoms with E-state index in [2.05, 4.69) is 4.74 Å². The second kappa shape index (κ2) is 8.45. The molecule has 2 aromatic rings. The molecule has 0 amide bonds. The van der Waals surface area contributed by atoms with E-state index in [0.717, 1.165) is 19.1 Å². The van der Waals surface area contributed by atoms with Gasteiger partial charge < -0.3 is 4.74 Å². The quantitative estimate of drug-likeness (QED) is 0.439. The van der Waals surface area contributed by atoms with Gasteiger partial charge in [0.15, 0.2) is 17.8 Å². The van der Waals surface area contributed by atoms with Crippen LogP contribution in [0.15, 0.2) is 48.5 Å². The van der Waals surface area contributed by atoms with Crippen LogP contribution < -0.4 is 0 Å². The number of benzene rings is 2. The van der Waals surface area contributed by atoms with Gasteiger partial charge in [0.05, 0.1) is 0 Å². The van der Waals surface area contributed by atoms with E-state index in [4.69, 9.17) is 0 Å². The van der Waals surface area contributed by atoms with Gasteiger partial charge in [0.2, 0.25) is 0 Å². The Morgan fingerprint density at radius 2 is 1.27 bits per heavy atom. The number of hydrogen-bond donors (Lipinski definition) is 0. The molecule has 2 rings (SSSR count).